The number of nitrogens with one attached hydrogen (secondary N) is 1. The first-order chi connectivity index (χ1) is 6.19. The van der Waals surface area contributed by atoms with Crippen molar-refractivity contribution in [2.75, 3.05) is 5.43 Å². The van der Waals surface area contributed by atoms with E-state index in [9.17, 15) is 0 Å². The van der Waals surface area contributed by atoms with Gasteiger partial charge in [-0.3, -0.25) is 0 Å². The van der Waals surface area contributed by atoms with Gasteiger partial charge in [0.15, 0.2) is 0 Å². The zero-order valence-corrected chi connectivity index (χ0v) is 8.39. The van der Waals surface area contributed by atoms with E-state index in [1.807, 2.05) is 13.8 Å². The normalized spacial score (nSPS) is 10.2. The van der Waals surface area contributed by atoms with Crippen LogP contribution in [0.15, 0.2) is 0 Å². The van der Waals surface area contributed by atoms with E-state index in [0.29, 0.717) is 0 Å². The molecule has 1 rings (SSSR count). The van der Waals surface area contributed by atoms with E-state index in [4.69, 9.17) is 5.84 Å². The maximum atomic E-state index is 5.34. The molecule has 4 heteroatoms. The number of hydrazine groups is 1. The van der Waals surface area contributed by atoms with Crippen molar-refractivity contribution in [3.63, 3.8) is 0 Å². The molecule has 0 aliphatic rings. The minimum absolute atomic E-state index is 0.732. The van der Waals surface area contributed by atoms with Crippen molar-refractivity contribution in [3.8, 4) is 0 Å². The fourth-order valence-electron chi connectivity index (χ4n) is 1.31. The summed E-state index contributed by atoms with van der Waals surface area (Å²) < 4.78 is 0. The smallest absolute Gasteiger partial charge is 0.146 e. The molecule has 0 saturated carbocycles. The first-order valence-corrected chi connectivity index (χ1v) is 4.49. The summed E-state index contributed by atoms with van der Waals surface area (Å²) in [5.74, 6) is 6.84. The van der Waals surface area contributed by atoms with Gasteiger partial charge in [-0.15, -0.1) is 0 Å². The van der Waals surface area contributed by atoms with Gasteiger partial charge in [0.25, 0.3) is 0 Å². The number of nitrogens with two attached hydrogens (primary N) is 1. The van der Waals surface area contributed by atoms with Crippen LogP contribution >= 0.6 is 0 Å². The maximum absolute atomic E-state index is 5.34. The third-order valence-electron chi connectivity index (χ3n) is 1.98. The number of aryl methyl sites for hydroxylation is 2. The fraction of sp³-hybridized carbons (Fsp3) is 0.556. The average Bonchev–Trinajstić information content (AvgIpc) is 2.11. The van der Waals surface area contributed by atoms with Gasteiger partial charge in [-0.25, -0.2) is 15.8 Å². The van der Waals surface area contributed by atoms with Crippen molar-refractivity contribution in [1.82, 2.24) is 9.97 Å². The molecular formula is C9H16N4. The van der Waals surface area contributed by atoms with Crippen LogP contribution < -0.4 is 11.3 Å². The number of nitrogen functional groups attached to an aromatic ring is 1. The van der Waals surface area contributed by atoms with Gasteiger partial charge in [0, 0.05) is 11.3 Å². The molecule has 4 nitrogen and oxygen atoms in total. The van der Waals surface area contributed by atoms with Crippen LogP contribution in [0.2, 0.25) is 0 Å². The number of aromatic nitrogens is 2. The molecule has 3 N–H and O–H groups in total. The third kappa shape index (κ3) is 2.15. The van der Waals surface area contributed by atoms with Gasteiger partial charge in [-0.2, -0.15) is 0 Å². The second-order valence-electron chi connectivity index (χ2n) is 3.09. The summed E-state index contributed by atoms with van der Waals surface area (Å²) in [6.45, 7) is 5.99. The first-order valence-electron chi connectivity index (χ1n) is 4.49. The highest BCUT2D eigenvalue weighted by atomic mass is 15.3. The molecule has 0 amide bonds. The average molecular weight is 180 g/mol. The van der Waals surface area contributed by atoms with Gasteiger partial charge >= 0.3 is 0 Å². The topological polar surface area (TPSA) is 63.8 Å². The van der Waals surface area contributed by atoms with Crippen LogP contribution in [-0.4, -0.2) is 9.97 Å². The van der Waals surface area contributed by atoms with Gasteiger partial charge < -0.3 is 5.43 Å². The molecule has 0 spiro atoms. The molecule has 72 valence electrons. The Kier molecular flexibility index (Phi) is 3.19. The quantitative estimate of drug-likeness (QED) is 0.544. The van der Waals surface area contributed by atoms with E-state index >= 15 is 0 Å². The molecule has 0 atom stereocenters. The molecule has 0 bridgehead atoms. The molecule has 0 aliphatic carbocycles. The minimum Gasteiger partial charge on any atom is -0.308 e. The third-order valence-corrected chi connectivity index (χ3v) is 1.98. The second-order valence-corrected chi connectivity index (χ2v) is 3.09. The van der Waals surface area contributed by atoms with Crippen molar-refractivity contribution in [1.29, 1.82) is 0 Å². The maximum Gasteiger partial charge on any atom is 0.146 e. The summed E-state index contributed by atoms with van der Waals surface area (Å²) in [7, 11) is 0. The van der Waals surface area contributed by atoms with E-state index in [1.54, 1.807) is 0 Å². The summed E-state index contributed by atoms with van der Waals surface area (Å²) in [5.41, 5.74) is 4.72. The molecule has 1 aromatic heterocycles. The Bertz CT molecular complexity index is 296. The summed E-state index contributed by atoms with van der Waals surface area (Å²) in [5, 5.41) is 0. The zero-order chi connectivity index (χ0) is 9.84. The Morgan fingerprint density at radius 3 is 2.54 bits per heavy atom. The monoisotopic (exact) mass is 180 g/mol. The predicted molar refractivity (Wildman–Crippen MR) is 53.3 cm³/mol. The SMILES string of the molecule is CCCc1nc(C)nc(NN)c1C. The Morgan fingerprint density at radius 1 is 1.31 bits per heavy atom. The molecule has 0 unspecified atom stereocenters. The first kappa shape index (κ1) is 9.92. The summed E-state index contributed by atoms with van der Waals surface area (Å²) >= 11 is 0. The Balaban J connectivity index is 3.11. The van der Waals surface area contributed by atoms with E-state index in [0.717, 1.165) is 35.7 Å². The van der Waals surface area contributed by atoms with Crippen LogP contribution in [-0.2, 0) is 6.42 Å². The molecule has 1 aromatic rings. The van der Waals surface area contributed by atoms with Gasteiger partial charge in [0.1, 0.15) is 11.6 Å². The van der Waals surface area contributed by atoms with Crippen LogP contribution in [0.25, 0.3) is 0 Å². The van der Waals surface area contributed by atoms with Gasteiger partial charge in [-0.05, 0) is 20.3 Å². The molecule has 1 heterocycles. The van der Waals surface area contributed by atoms with Crippen LogP contribution in [0.5, 0.6) is 0 Å². The predicted octanol–water partition coefficient (Wildman–Crippen LogP) is 1.33. The molecule has 13 heavy (non-hydrogen) atoms. The Hall–Kier alpha value is -1.16. The molecular weight excluding hydrogens is 164 g/mol. The molecule has 0 aromatic carbocycles. The lowest BCUT2D eigenvalue weighted by Crippen LogP contribution is -2.13. The highest BCUT2D eigenvalue weighted by molar-refractivity contribution is 5.44. The Morgan fingerprint density at radius 2 is 2.00 bits per heavy atom. The number of nitrogens with zero attached hydrogens (tertiary/aromatic N) is 2. The second kappa shape index (κ2) is 4.18. The summed E-state index contributed by atoms with van der Waals surface area (Å²) in [6.07, 6.45) is 2.06. The van der Waals surface area contributed by atoms with Crippen molar-refractivity contribution in [3.05, 3.63) is 17.1 Å². The Labute approximate surface area is 78.6 Å². The lowest BCUT2D eigenvalue weighted by atomic mass is 10.1. The van der Waals surface area contributed by atoms with Crippen LogP contribution in [0.3, 0.4) is 0 Å². The van der Waals surface area contributed by atoms with E-state index in [1.165, 1.54) is 0 Å². The number of anilines is 1. The number of rotatable bonds is 3. The summed E-state index contributed by atoms with van der Waals surface area (Å²) in [4.78, 5) is 8.55. The van der Waals surface area contributed by atoms with E-state index in [2.05, 4.69) is 22.3 Å². The van der Waals surface area contributed by atoms with Gasteiger partial charge in [0.05, 0.1) is 0 Å². The lowest BCUT2D eigenvalue weighted by molar-refractivity contribution is 0.843. The molecule has 0 saturated heterocycles. The largest absolute Gasteiger partial charge is 0.308 e. The highest BCUT2D eigenvalue weighted by Gasteiger charge is 2.06. The van der Waals surface area contributed by atoms with E-state index in [-0.39, 0.29) is 0 Å². The number of hydrogen-bond donors (Lipinski definition) is 2. The zero-order valence-electron chi connectivity index (χ0n) is 8.39. The van der Waals surface area contributed by atoms with Crippen molar-refractivity contribution in [2.45, 2.75) is 33.6 Å². The van der Waals surface area contributed by atoms with Crippen molar-refractivity contribution < 1.29 is 0 Å². The van der Waals surface area contributed by atoms with Crippen LogP contribution in [0.1, 0.15) is 30.4 Å². The molecule has 0 aliphatic heterocycles. The summed E-state index contributed by atoms with van der Waals surface area (Å²) in [6, 6.07) is 0. The fourth-order valence-corrected chi connectivity index (χ4v) is 1.31. The van der Waals surface area contributed by atoms with Crippen molar-refractivity contribution >= 4 is 5.82 Å². The van der Waals surface area contributed by atoms with E-state index < -0.39 is 0 Å². The molecule has 0 fully saturated rings. The van der Waals surface area contributed by atoms with Crippen LogP contribution in [0, 0.1) is 13.8 Å². The van der Waals surface area contributed by atoms with Gasteiger partial charge in [0.2, 0.25) is 0 Å². The molecule has 0 radical (unpaired) electrons. The minimum atomic E-state index is 0.732. The standard InChI is InChI=1S/C9H16N4/c1-4-5-8-6(2)9(13-10)12-7(3)11-8/h4-5,10H2,1-3H3,(H,11,12,13). The lowest BCUT2D eigenvalue weighted by Gasteiger charge is -2.09. The van der Waals surface area contributed by atoms with Crippen molar-refractivity contribution in [2.24, 2.45) is 5.84 Å². The van der Waals surface area contributed by atoms with Crippen LogP contribution in [0.4, 0.5) is 5.82 Å². The highest BCUT2D eigenvalue weighted by Crippen LogP contribution is 2.15. The van der Waals surface area contributed by atoms with Gasteiger partial charge in [-0.1, -0.05) is 13.3 Å². The number of hydrogen-bond acceptors (Lipinski definition) is 4.